The van der Waals surface area contributed by atoms with Crippen LogP contribution >= 0.6 is 0 Å². The van der Waals surface area contributed by atoms with E-state index in [1.165, 1.54) is 16.7 Å². The lowest BCUT2D eigenvalue weighted by Gasteiger charge is -2.33. The number of aryl methyl sites for hydroxylation is 1. The van der Waals surface area contributed by atoms with Crippen LogP contribution in [0.15, 0.2) is 18.2 Å². The van der Waals surface area contributed by atoms with Crippen LogP contribution in [-0.2, 0) is 4.79 Å². The van der Waals surface area contributed by atoms with Gasteiger partial charge < -0.3 is 15.1 Å². The van der Waals surface area contributed by atoms with E-state index in [1.54, 1.807) is 11.9 Å². The first-order valence-electron chi connectivity index (χ1n) is 8.84. The summed E-state index contributed by atoms with van der Waals surface area (Å²) in [6, 6.07) is 6.56. The number of nitrogens with zero attached hydrogens (tertiary/aromatic N) is 2. The summed E-state index contributed by atoms with van der Waals surface area (Å²) in [6.45, 7) is 5.66. The molecule has 2 saturated heterocycles. The molecule has 2 aliphatic heterocycles. The average Bonchev–Trinajstić information content (AvgIpc) is 3.03. The molecule has 2 atom stereocenters. The summed E-state index contributed by atoms with van der Waals surface area (Å²) in [6.07, 6.45) is 3.30. The molecule has 0 aromatic heterocycles. The van der Waals surface area contributed by atoms with E-state index in [2.05, 4.69) is 37.4 Å². The van der Waals surface area contributed by atoms with Crippen LogP contribution in [0.3, 0.4) is 0 Å². The van der Waals surface area contributed by atoms with Gasteiger partial charge in [0, 0.05) is 32.6 Å². The Morgan fingerprint density at radius 3 is 2.79 bits per heavy atom. The first kappa shape index (κ1) is 16.8. The normalized spacial score (nSPS) is 24.4. The van der Waals surface area contributed by atoms with Gasteiger partial charge >= 0.3 is 6.03 Å². The molecule has 3 amide bonds. The summed E-state index contributed by atoms with van der Waals surface area (Å²) < 4.78 is 0. The number of nitrogens with one attached hydrogen (secondary N) is 1. The van der Waals surface area contributed by atoms with Gasteiger partial charge in [-0.25, -0.2) is 4.79 Å². The van der Waals surface area contributed by atoms with E-state index in [-0.39, 0.29) is 24.0 Å². The average molecular weight is 329 g/mol. The van der Waals surface area contributed by atoms with E-state index in [4.69, 9.17) is 0 Å². The van der Waals surface area contributed by atoms with Crippen molar-refractivity contribution in [3.63, 3.8) is 0 Å². The topological polar surface area (TPSA) is 52.7 Å². The summed E-state index contributed by atoms with van der Waals surface area (Å²) in [7, 11) is 1.80. The lowest BCUT2D eigenvalue weighted by molar-refractivity contribution is -0.132. The zero-order chi connectivity index (χ0) is 17.3. The number of urea groups is 1. The van der Waals surface area contributed by atoms with Crippen molar-refractivity contribution in [1.29, 1.82) is 0 Å². The Morgan fingerprint density at radius 2 is 2.04 bits per heavy atom. The van der Waals surface area contributed by atoms with Crippen LogP contribution in [0.4, 0.5) is 4.79 Å². The Kier molecular flexibility index (Phi) is 4.78. The molecule has 2 aliphatic rings. The largest absolute Gasteiger partial charge is 0.344 e. The second-order valence-electron chi connectivity index (χ2n) is 7.10. The number of carbonyl (C=O) groups is 2. The molecule has 0 radical (unpaired) electrons. The molecular formula is C19H27N3O2. The van der Waals surface area contributed by atoms with Gasteiger partial charge in [0.25, 0.3) is 0 Å². The van der Waals surface area contributed by atoms with Crippen molar-refractivity contribution in [3.8, 4) is 0 Å². The fraction of sp³-hybridized carbons (Fsp3) is 0.579. The van der Waals surface area contributed by atoms with Crippen LogP contribution in [0.2, 0.25) is 0 Å². The fourth-order valence-corrected chi connectivity index (χ4v) is 3.86. The van der Waals surface area contributed by atoms with Gasteiger partial charge in [-0.1, -0.05) is 18.2 Å². The Morgan fingerprint density at radius 1 is 1.25 bits per heavy atom. The molecule has 3 rings (SSSR count). The minimum atomic E-state index is 0.00570. The maximum atomic E-state index is 12.8. The highest BCUT2D eigenvalue weighted by Crippen LogP contribution is 2.34. The van der Waals surface area contributed by atoms with Gasteiger partial charge in [0.05, 0.1) is 6.04 Å². The molecule has 1 aromatic carbocycles. The lowest BCUT2D eigenvalue weighted by Crippen LogP contribution is -2.51. The second kappa shape index (κ2) is 6.83. The number of likely N-dealkylation sites (N-methyl/N-ethyl adjacent to an activating group) is 1. The van der Waals surface area contributed by atoms with Gasteiger partial charge in [-0.05, 0) is 49.8 Å². The van der Waals surface area contributed by atoms with Crippen molar-refractivity contribution in [3.05, 3.63) is 34.9 Å². The number of carbonyl (C=O) groups excluding carboxylic acids is 2. The molecule has 0 aliphatic carbocycles. The minimum Gasteiger partial charge on any atom is -0.344 e. The summed E-state index contributed by atoms with van der Waals surface area (Å²) in [5.74, 6) is 0.162. The molecule has 2 unspecified atom stereocenters. The highest BCUT2D eigenvalue weighted by Gasteiger charge is 2.33. The van der Waals surface area contributed by atoms with Crippen LogP contribution in [0, 0.1) is 13.8 Å². The molecule has 2 heterocycles. The van der Waals surface area contributed by atoms with Crippen LogP contribution in [0.1, 0.15) is 48.4 Å². The molecule has 1 N–H and O–H groups in total. The Bertz CT molecular complexity index is 643. The van der Waals surface area contributed by atoms with Crippen molar-refractivity contribution in [1.82, 2.24) is 15.1 Å². The van der Waals surface area contributed by atoms with Crippen molar-refractivity contribution < 1.29 is 9.59 Å². The lowest BCUT2D eigenvalue weighted by atomic mass is 9.96. The molecule has 0 spiro atoms. The molecular weight excluding hydrogens is 302 g/mol. The molecule has 5 heteroatoms. The van der Waals surface area contributed by atoms with Crippen molar-refractivity contribution in [2.45, 2.75) is 51.6 Å². The number of benzene rings is 1. The van der Waals surface area contributed by atoms with E-state index in [0.717, 1.165) is 25.8 Å². The van der Waals surface area contributed by atoms with Gasteiger partial charge in [0.15, 0.2) is 0 Å². The maximum Gasteiger partial charge on any atom is 0.318 e. The van der Waals surface area contributed by atoms with Crippen LogP contribution < -0.4 is 5.32 Å². The summed E-state index contributed by atoms with van der Waals surface area (Å²) in [5.41, 5.74) is 3.82. The van der Waals surface area contributed by atoms with Crippen molar-refractivity contribution in [2.24, 2.45) is 0 Å². The fourth-order valence-electron chi connectivity index (χ4n) is 3.86. The van der Waals surface area contributed by atoms with Crippen molar-refractivity contribution >= 4 is 11.9 Å². The third-order valence-electron chi connectivity index (χ3n) is 5.47. The first-order chi connectivity index (χ1) is 11.5. The number of hydrogen-bond acceptors (Lipinski definition) is 2. The molecule has 5 nitrogen and oxygen atoms in total. The highest BCUT2D eigenvalue weighted by atomic mass is 16.2. The Labute approximate surface area is 144 Å². The van der Waals surface area contributed by atoms with Gasteiger partial charge in [0.2, 0.25) is 5.91 Å². The third-order valence-corrected chi connectivity index (χ3v) is 5.47. The Hall–Kier alpha value is -2.04. The van der Waals surface area contributed by atoms with Gasteiger partial charge in [-0.2, -0.15) is 0 Å². The smallest absolute Gasteiger partial charge is 0.318 e. The van der Waals surface area contributed by atoms with Crippen molar-refractivity contribution in [2.75, 3.05) is 20.1 Å². The zero-order valence-electron chi connectivity index (χ0n) is 14.8. The third kappa shape index (κ3) is 3.25. The van der Waals surface area contributed by atoms with Gasteiger partial charge in [-0.3, -0.25) is 4.79 Å². The van der Waals surface area contributed by atoms with Crippen LogP contribution in [-0.4, -0.2) is 47.9 Å². The van der Waals surface area contributed by atoms with E-state index >= 15 is 0 Å². The zero-order valence-corrected chi connectivity index (χ0v) is 14.8. The minimum absolute atomic E-state index is 0.00570. The number of hydrogen-bond donors (Lipinski definition) is 1. The summed E-state index contributed by atoms with van der Waals surface area (Å²) in [5, 5.41) is 3.14. The predicted molar refractivity (Wildman–Crippen MR) is 93.8 cm³/mol. The summed E-state index contributed by atoms with van der Waals surface area (Å²) >= 11 is 0. The van der Waals surface area contributed by atoms with Gasteiger partial charge in [0.1, 0.15) is 0 Å². The summed E-state index contributed by atoms with van der Waals surface area (Å²) in [4.78, 5) is 28.1. The monoisotopic (exact) mass is 329 g/mol. The van der Waals surface area contributed by atoms with E-state index in [9.17, 15) is 9.59 Å². The second-order valence-corrected chi connectivity index (χ2v) is 7.10. The molecule has 0 bridgehead atoms. The number of piperidine rings is 1. The first-order valence-corrected chi connectivity index (χ1v) is 8.84. The van der Waals surface area contributed by atoms with E-state index < -0.39 is 0 Å². The quantitative estimate of drug-likeness (QED) is 0.907. The van der Waals surface area contributed by atoms with E-state index in [1.807, 2.05) is 4.90 Å². The maximum absolute atomic E-state index is 12.8. The number of amides is 3. The van der Waals surface area contributed by atoms with Crippen LogP contribution in [0.5, 0.6) is 0 Å². The predicted octanol–water partition coefficient (Wildman–Crippen LogP) is 2.77. The van der Waals surface area contributed by atoms with E-state index in [0.29, 0.717) is 13.0 Å². The molecule has 130 valence electrons. The Balaban J connectivity index is 1.70. The molecule has 24 heavy (non-hydrogen) atoms. The highest BCUT2D eigenvalue weighted by molar-refractivity contribution is 5.78. The van der Waals surface area contributed by atoms with Gasteiger partial charge in [-0.15, -0.1) is 0 Å². The number of likely N-dealkylation sites (tertiary alicyclic amines) is 2. The molecule has 2 fully saturated rings. The number of rotatable bonds is 2. The molecule has 0 saturated carbocycles. The SMILES string of the molecule is Cc1cccc(C2CCCN2C(=O)NC2CCC(=O)N(C)C2)c1C. The van der Waals surface area contributed by atoms with Crippen LogP contribution in [0.25, 0.3) is 0 Å². The standard InChI is InChI=1S/C19H27N3O2/c1-13-6-4-7-16(14(13)2)17-8-5-11-22(17)19(24)20-15-9-10-18(23)21(3)12-15/h4,6-7,15,17H,5,8-12H2,1-3H3,(H,20,24). The molecule has 1 aromatic rings.